The number of hydrogen-bond acceptors (Lipinski definition) is 6. The minimum atomic E-state index is -0.347. The third-order valence-electron chi connectivity index (χ3n) is 8.20. The monoisotopic (exact) mass is 466 g/mol. The van der Waals surface area contributed by atoms with Crippen LogP contribution >= 0.6 is 0 Å². The molecule has 0 amide bonds. The van der Waals surface area contributed by atoms with Crippen molar-refractivity contribution in [1.29, 1.82) is 0 Å². The summed E-state index contributed by atoms with van der Waals surface area (Å²) in [5.74, 6) is -0.0956. The number of carbonyl (C=O) groups is 1. The van der Waals surface area contributed by atoms with Gasteiger partial charge in [-0.15, -0.1) is 0 Å². The molecule has 4 rings (SSSR count). The number of ether oxygens (including phenoxy) is 4. The van der Waals surface area contributed by atoms with Gasteiger partial charge in [-0.1, -0.05) is 58.3 Å². The van der Waals surface area contributed by atoms with Crippen LogP contribution in [0.15, 0.2) is 0 Å². The van der Waals surface area contributed by atoms with E-state index in [1.807, 2.05) is 0 Å². The summed E-state index contributed by atoms with van der Waals surface area (Å²) in [7, 11) is 0. The number of aliphatic hydroxyl groups excluding tert-OH is 1. The first-order valence-electron chi connectivity index (χ1n) is 14.0. The summed E-state index contributed by atoms with van der Waals surface area (Å²) >= 11 is 0. The van der Waals surface area contributed by atoms with Crippen LogP contribution in [-0.4, -0.2) is 59.9 Å². The lowest BCUT2D eigenvalue weighted by Gasteiger charge is -2.25. The number of cyclic esters (lactones) is 1. The molecule has 0 saturated carbocycles. The van der Waals surface area contributed by atoms with Crippen LogP contribution in [0.4, 0.5) is 0 Å². The van der Waals surface area contributed by atoms with Crippen LogP contribution in [0.25, 0.3) is 0 Å². The summed E-state index contributed by atoms with van der Waals surface area (Å²) in [6, 6.07) is 0. The van der Waals surface area contributed by atoms with Gasteiger partial charge in [0.1, 0.15) is 6.10 Å². The highest BCUT2D eigenvalue weighted by Gasteiger charge is 2.45. The van der Waals surface area contributed by atoms with Gasteiger partial charge in [-0.25, -0.2) is 0 Å². The first kappa shape index (κ1) is 25.4. The normalized spacial score (nSPS) is 37.6. The molecule has 0 aliphatic carbocycles. The van der Waals surface area contributed by atoms with Crippen LogP contribution in [0.1, 0.15) is 116 Å². The van der Waals surface area contributed by atoms with Crippen LogP contribution in [0, 0.1) is 0 Å². The molecule has 4 fully saturated rings. The summed E-state index contributed by atoms with van der Waals surface area (Å²) in [6.07, 6.45) is 18.3. The maximum absolute atomic E-state index is 11.4. The number of rotatable bonds is 13. The average molecular weight is 467 g/mol. The molecular formula is C27H46O6. The topological polar surface area (TPSA) is 74.2 Å². The fourth-order valence-corrected chi connectivity index (χ4v) is 6.20. The molecule has 4 heterocycles. The molecule has 4 aliphatic heterocycles. The Kier molecular flexibility index (Phi) is 9.89. The standard InChI is InChI=1S/C27H46O6/c1-2-3-4-5-6-7-8-9-10-19(28)20-11-12-21(30-20)22-13-14-23(31-22)24-15-16-25(32-24)26-17-18-27(29)33-26/h19-26,28H,2-18H2,1H3/t19-,20-,21-,22-,23-,24+,25+,26+/m0/s1. The molecule has 0 aromatic carbocycles. The number of unbranched alkanes of at least 4 members (excludes halogenated alkanes) is 7. The van der Waals surface area contributed by atoms with Gasteiger partial charge in [0, 0.05) is 6.42 Å². The Bertz CT molecular complexity index is 597. The van der Waals surface area contributed by atoms with Gasteiger partial charge in [-0.3, -0.25) is 4.79 Å². The molecule has 0 aromatic rings. The zero-order valence-corrected chi connectivity index (χ0v) is 20.6. The van der Waals surface area contributed by atoms with E-state index in [-0.39, 0.29) is 54.8 Å². The van der Waals surface area contributed by atoms with E-state index in [0.717, 1.165) is 57.8 Å². The predicted octanol–water partition coefficient (Wildman–Crippen LogP) is 5.23. The first-order chi connectivity index (χ1) is 16.1. The van der Waals surface area contributed by atoms with Gasteiger partial charge in [0.2, 0.25) is 0 Å². The maximum atomic E-state index is 11.4. The third kappa shape index (κ3) is 7.16. The van der Waals surface area contributed by atoms with Gasteiger partial charge in [0.25, 0.3) is 0 Å². The van der Waals surface area contributed by atoms with Gasteiger partial charge in [-0.2, -0.15) is 0 Å². The number of carbonyl (C=O) groups excluding carboxylic acids is 1. The SMILES string of the molecule is CCCCCCCCCC[C@H](O)[C@@H]1CC[C@@H]([C@@H]2CC[C@@H]([C@H]3CC[C@H]([C@H]4CCC(=O)O4)O3)O2)O1. The highest BCUT2D eigenvalue weighted by molar-refractivity contribution is 5.71. The summed E-state index contributed by atoms with van der Waals surface area (Å²) in [5, 5.41) is 10.6. The van der Waals surface area contributed by atoms with Gasteiger partial charge >= 0.3 is 5.97 Å². The van der Waals surface area contributed by atoms with Gasteiger partial charge in [-0.05, 0) is 51.4 Å². The van der Waals surface area contributed by atoms with Crippen LogP contribution in [0.2, 0.25) is 0 Å². The van der Waals surface area contributed by atoms with Crippen LogP contribution in [-0.2, 0) is 23.7 Å². The van der Waals surface area contributed by atoms with Gasteiger partial charge in [0.15, 0.2) is 0 Å². The van der Waals surface area contributed by atoms with Crippen LogP contribution in [0.5, 0.6) is 0 Å². The van der Waals surface area contributed by atoms with Crippen molar-refractivity contribution in [2.24, 2.45) is 0 Å². The summed E-state index contributed by atoms with van der Waals surface area (Å²) in [5.41, 5.74) is 0. The molecule has 8 atom stereocenters. The molecule has 1 N–H and O–H groups in total. The lowest BCUT2D eigenvalue weighted by molar-refractivity contribution is -0.150. The van der Waals surface area contributed by atoms with Crippen molar-refractivity contribution >= 4 is 5.97 Å². The molecule has 6 nitrogen and oxygen atoms in total. The average Bonchev–Trinajstić information content (AvgIpc) is 3.60. The summed E-state index contributed by atoms with van der Waals surface area (Å²) in [6.45, 7) is 2.25. The zero-order chi connectivity index (χ0) is 23.0. The molecule has 6 heteroatoms. The van der Waals surface area contributed by atoms with Crippen molar-refractivity contribution in [3.8, 4) is 0 Å². The minimum absolute atomic E-state index is 0.0303. The molecule has 4 saturated heterocycles. The van der Waals surface area contributed by atoms with Crippen molar-refractivity contribution in [2.75, 3.05) is 0 Å². The third-order valence-corrected chi connectivity index (χ3v) is 8.20. The molecule has 0 radical (unpaired) electrons. The molecule has 4 aliphatic rings. The first-order valence-corrected chi connectivity index (χ1v) is 14.0. The lowest BCUT2D eigenvalue weighted by Crippen LogP contribution is -2.34. The van der Waals surface area contributed by atoms with Crippen molar-refractivity contribution in [1.82, 2.24) is 0 Å². The molecule has 190 valence electrons. The van der Waals surface area contributed by atoms with Crippen molar-refractivity contribution in [3.05, 3.63) is 0 Å². The largest absolute Gasteiger partial charge is 0.460 e. The molecule has 0 spiro atoms. The Morgan fingerprint density at radius 3 is 1.79 bits per heavy atom. The van der Waals surface area contributed by atoms with E-state index in [4.69, 9.17) is 18.9 Å². The Balaban J connectivity index is 1.10. The second-order valence-electron chi connectivity index (χ2n) is 10.8. The van der Waals surface area contributed by atoms with E-state index in [9.17, 15) is 9.90 Å². The lowest BCUT2D eigenvalue weighted by atomic mass is 10.0. The van der Waals surface area contributed by atoms with E-state index in [2.05, 4.69) is 6.92 Å². The molecule has 33 heavy (non-hydrogen) atoms. The predicted molar refractivity (Wildman–Crippen MR) is 126 cm³/mol. The number of aliphatic hydroxyl groups is 1. The highest BCUT2D eigenvalue weighted by atomic mass is 16.6. The van der Waals surface area contributed by atoms with E-state index in [1.165, 1.54) is 44.9 Å². The van der Waals surface area contributed by atoms with E-state index >= 15 is 0 Å². The highest BCUT2D eigenvalue weighted by Crippen LogP contribution is 2.38. The second kappa shape index (κ2) is 12.9. The number of esters is 1. The van der Waals surface area contributed by atoms with E-state index in [1.54, 1.807) is 0 Å². The molecule has 0 bridgehead atoms. The summed E-state index contributed by atoms with van der Waals surface area (Å²) < 4.78 is 24.3. The number of hydrogen-bond donors (Lipinski definition) is 1. The van der Waals surface area contributed by atoms with Crippen LogP contribution < -0.4 is 0 Å². The van der Waals surface area contributed by atoms with E-state index < -0.39 is 0 Å². The maximum Gasteiger partial charge on any atom is 0.306 e. The quantitative estimate of drug-likeness (QED) is 0.296. The summed E-state index contributed by atoms with van der Waals surface area (Å²) in [4.78, 5) is 11.4. The Morgan fingerprint density at radius 2 is 1.21 bits per heavy atom. The smallest absolute Gasteiger partial charge is 0.306 e. The van der Waals surface area contributed by atoms with Gasteiger partial charge in [0.05, 0.1) is 42.7 Å². The van der Waals surface area contributed by atoms with Crippen molar-refractivity contribution < 1.29 is 28.8 Å². The van der Waals surface area contributed by atoms with Gasteiger partial charge < -0.3 is 24.1 Å². The van der Waals surface area contributed by atoms with E-state index in [0.29, 0.717) is 6.42 Å². The fraction of sp³-hybridized carbons (Fsp3) is 0.963. The molecular weight excluding hydrogens is 420 g/mol. The minimum Gasteiger partial charge on any atom is -0.460 e. The van der Waals surface area contributed by atoms with Crippen molar-refractivity contribution in [3.63, 3.8) is 0 Å². The molecule has 0 unspecified atom stereocenters. The van der Waals surface area contributed by atoms with Crippen molar-refractivity contribution in [2.45, 2.75) is 165 Å². The zero-order valence-electron chi connectivity index (χ0n) is 20.6. The second-order valence-corrected chi connectivity index (χ2v) is 10.8. The fourth-order valence-electron chi connectivity index (χ4n) is 6.20. The Labute approximate surface area is 200 Å². The molecule has 0 aromatic heterocycles. The Morgan fingerprint density at radius 1 is 0.697 bits per heavy atom. The van der Waals surface area contributed by atoms with Crippen LogP contribution in [0.3, 0.4) is 0 Å². The Hall–Kier alpha value is -0.690.